The van der Waals surface area contributed by atoms with E-state index in [1.807, 2.05) is 63.2 Å². The van der Waals surface area contributed by atoms with E-state index in [1.54, 1.807) is 36.0 Å². The highest BCUT2D eigenvalue weighted by Crippen LogP contribution is 2.22. The maximum Gasteiger partial charge on any atom is 0.362 e. The van der Waals surface area contributed by atoms with Gasteiger partial charge in [0.15, 0.2) is 11.4 Å². The number of benzene rings is 2. The second kappa shape index (κ2) is 9.48. The SMILES string of the molecule is CC(NC(=O)c1c(N)[nH][n+]2cccnc12)c1nc2cccc(C#CC(C)(C)C)c2c(=O)n1-c1ccccc1. The number of fused-ring (bicyclic) bond motifs is 2. The first-order chi connectivity index (χ1) is 18.1. The van der Waals surface area contributed by atoms with Gasteiger partial charge < -0.3 is 11.1 Å². The molecule has 0 aliphatic heterocycles. The number of anilines is 1. The summed E-state index contributed by atoms with van der Waals surface area (Å²) in [5, 5.41) is 6.29. The zero-order chi connectivity index (χ0) is 27.0. The van der Waals surface area contributed by atoms with Crippen LogP contribution in [0.3, 0.4) is 0 Å². The van der Waals surface area contributed by atoms with Gasteiger partial charge in [-0.25, -0.2) is 10.1 Å². The largest absolute Gasteiger partial charge is 0.382 e. The van der Waals surface area contributed by atoms with Crippen LogP contribution in [0, 0.1) is 17.3 Å². The number of aromatic nitrogens is 5. The molecule has 0 saturated heterocycles. The van der Waals surface area contributed by atoms with Crippen molar-refractivity contribution < 1.29 is 9.31 Å². The minimum absolute atomic E-state index is 0.183. The molecule has 5 aromatic rings. The first-order valence-electron chi connectivity index (χ1n) is 12.2. The summed E-state index contributed by atoms with van der Waals surface area (Å²) in [6.45, 7) is 7.83. The molecule has 190 valence electrons. The van der Waals surface area contributed by atoms with Crippen molar-refractivity contribution in [2.75, 3.05) is 5.73 Å². The molecule has 1 amide bonds. The molecule has 9 heteroatoms. The summed E-state index contributed by atoms with van der Waals surface area (Å²) < 4.78 is 3.10. The van der Waals surface area contributed by atoms with Crippen LogP contribution >= 0.6 is 0 Å². The fraction of sp³-hybridized carbons (Fsp3) is 0.207. The van der Waals surface area contributed by atoms with Gasteiger partial charge in [0.25, 0.3) is 11.5 Å². The Morgan fingerprint density at radius 1 is 1.13 bits per heavy atom. The fourth-order valence-electron chi connectivity index (χ4n) is 4.23. The van der Waals surface area contributed by atoms with Gasteiger partial charge in [0.2, 0.25) is 0 Å². The highest BCUT2D eigenvalue weighted by Gasteiger charge is 2.27. The van der Waals surface area contributed by atoms with E-state index in [-0.39, 0.29) is 22.4 Å². The molecule has 1 atom stereocenters. The Bertz CT molecular complexity index is 1800. The monoisotopic (exact) mass is 506 g/mol. The molecule has 0 aliphatic carbocycles. The maximum atomic E-state index is 14.0. The molecule has 2 aromatic carbocycles. The lowest BCUT2D eigenvalue weighted by Crippen LogP contribution is -2.34. The number of aromatic amines is 1. The number of amides is 1. The van der Waals surface area contributed by atoms with Gasteiger partial charge in [-0.1, -0.05) is 36.1 Å². The van der Waals surface area contributed by atoms with Gasteiger partial charge in [0.1, 0.15) is 18.2 Å². The molecule has 0 radical (unpaired) electrons. The number of carbonyl (C=O) groups is 1. The van der Waals surface area contributed by atoms with E-state index in [2.05, 4.69) is 27.2 Å². The van der Waals surface area contributed by atoms with E-state index in [0.717, 1.165) is 0 Å². The number of rotatable bonds is 4. The van der Waals surface area contributed by atoms with Crippen LogP contribution in [-0.4, -0.2) is 25.5 Å². The van der Waals surface area contributed by atoms with Crippen molar-refractivity contribution in [1.82, 2.24) is 25.0 Å². The van der Waals surface area contributed by atoms with Crippen molar-refractivity contribution in [3.8, 4) is 17.5 Å². The summed E-state index contributed by atoms with van der Waals surface area (Å²) in [5.41, 5.74) is 7.96. The minimum atomic E-state index is -0.651. The average molecular weight is 507 g/mol. The van der Waals surface area contributed by atoms with Crippen molar-refractivity contribution >= 4 is 28.3 Å². The summed E-state index contributed by atoms with van der Waals surface area (Å²) in [6.07, 6.45) is 3.30. The third-order valence-electron chi connectivity index (χ3n) is 5.95. The second-order valence-corrected chi connectivity index (χ2v) is 10.1. The van der Waals surface area contributed by atoms with Crippen LogP contribution in [0.2, 0.25) is 0 Å². The summed E-state index contributed by atoms with van der Waals surface area (Å²) >= 11 is 0. The summed E-state index contributed by atoms with van der Waals surface area (Å²) in [4.78, 5) is 36.5. The van der Waals surface area contributed by atoms with Crippen LogP contribution < -0.4 is 21.1 Å². The number of para-hydroxylation sites is 1. The van der Waals surface area contributed by atoms with Crippen LogP contribution in [0.5, 0.6) is 0 Å². The standard InChI is InChI=1S/C29H27N7O2/c1-18(32-27(37)23-24(30)34-35-17-9-16-31-26(23)35)25-33-21-13-8-10-19(14-15-29(2,3)4)22(21)28(38)36(25)20-11-6-5-7-12-20/h5-13,16-18H,1-4H3,(H3,30,32,34,37)/p+1. The Morgan fingerprint density at radius 3 is 2.63 bits per heavy atom. The van der Waals surface area contributed by atoms with Crippen LogP contribution in [0.15, 0.2) is 71.8 Å². The average Bonchev–Trinajstić information content (AvgIpc) is 3.23. The molecule has 1 unspecified atom stereocenters. The van der Waals surface area contributed by atoms with Crippen LogP contribution in [-0.2, 0) is 0 Å². The lowest BCUT2D eigenvalue weighted by atomic mass is 9.97. The van der Waals surface area contributed by atoms with E-state index >= 15 is 0 Å². The van der Waals surface area contributed by atoms with Crippen molar-refractivity contribution in [3.63, 3.8) is 0 Å². The Hall–Kier alpha value is -4.97. The van der Waals surface area contributed by atoms with Gasteiger partial charge in [-0.15, -0.1) is 4.52 Å². The van der Waals surface area contributed by atoms with E-state index in [4.69, 9.17) is 10.7 Å². The number of hydrogen-bond acceptors (Lipinski definition) is 5. The second-order valence-electron chi connectivity index (χ2n) is 10.1. The third-order valence-corrected chi connectivity index (χ3v) is 5.95. The fourth-order valence-corrected chi connectivity index (χ4v) is 4.23. The van der Waals surface area contributed by atoms with E-state index in [9.17, 15) is 9.59 Å². The van der Waals surface area contributed by atoms with E-state index in [0.29, 0.717) is 33.6 Å². The number of nitrogens with one attached hydrogen (secondary N) is 2. The van der Waals surface area contributed by atoms with Gasteiger partial charge in [-0.2, -0.15) is 0 Å². The number of hydrogen-bond donors (Lipinski definition) is 3. The van der Waals surface area contributed by atoms with Gasteiger partial charge in [0.05, 0.1) is 22.6 Å². The zero-order valence-corrected chi connectivity index (χ0v) is 21.6. The summed E-state index contributed by atoms with van der Waals surface area (Å²) in [7, 11) is 0. The van der Waals surface area contributed by atoms with Gasteiger partial charge in [-0.05, 0) is 56.9 Å². The summed E-state index contributed by atoms with van der Waals surface area (Å²) in [5.74, 6) is 6.50. The van der Waals surface area contributed by atoms with E-state index < -0.39 is 11.9 Å². The number of nitrogens with two attached hydrogens (primary N) is 1. The zero-order valence-electron chi connectivity index (χ0n) is 21.6. The predicted octanol–water partition coefficient (Wildman–Crippen LogP) is 3.32. The number of nitrogen functional groups attached to an aromatic ring is 1. The lowest BCUT2D eigenvalue weighted by molar-refractivity contribution is -0.577. The topological polar surface area (TPSA) is 123 Å². The highest BCUT2D eigenvalue weighted by atomic mass is 16.2. The van der Waals surface area contributed by atoms with Gasteiger partial charge in [-0.3, -0.25) is 14.2 Å². The van der Waals surface area contributed by atoms with Crippen LogP contribution in [0.25, 0.3) is 22.2 Å². The maximum absolute atomic E-state index is 14.0. The number of nitrogens with zero attached hydrogens (tertiary/aromatic N) is 4. The first kappa shape index (κ1) is 24.7. The van der Waals surface area contributed by atoms with E-state index in [1.165, 1.54) is 4.57 Å². The van der Waals surface area contributed by atoms with Gasteiger partial charge in [0, 0.05) is 17.0 Å². The molecule has 5 rings (SSSR count). The Labute approximate surface area is 219 Å². The van der Waals surface area contributed by atoms with Gasteiger partial charge >= 0.3 is 5.65 Å². The normalized spacial score (nSPS) is 12.2. The molecule has 0 fully saturated rings. The Balaban J connectivity index is 1.66. The molecule has 0 bridgehead atoms. The Morgan fingerprint density at radius 2 is 1.89 bits per heavy atom. The molecular formula is C29H28N7O2+. The lowest BCUT2D eigenvalue weighted by Gasteiger charge is -2.20. The van der Waals surface area contributed by atoms with Crippen LogP contribution in [0.1, 0.15) is 55.5 Å². The van der Waals surface area contributed by atoms with Crippen molar-refractivity contribution in [3.05, 3.63) is 94.3 Å². The van der Waals surface area contributed by atoms with Crippen LogP contribution in [0.4, 0.5) is 5.82 Å². The Kier molecular flexibility index (Phi) is 6.17. The number of H-pyrrole nitrogens is 1. The third kappa shape index (κ3) is 4.60. The smallest absolute Gasteiger partial charge is 0.362 e. The first-order valence-corrected chi connectivity index (χ1v) is 12.2. The van der Waals surface area contributed by atoms with Crippen molar-refractivity contribution in [1.29, 1.82) is 0 Å². The molecule has 9 nitrogen and oxygen atoms in total. The molecule has 0 aliphatic rings. The quantitative estimate of drug-likeness (QED) is 0.255. The molecule has 3 heterocycles. The molecule has 3 aromatic heterocycles. The van der Waals surface area contributed by atoms with Crippen molar-refractivity contribution in [2.45, 2.75) is 33.7 Å². The molecular weight excluding hydrogens is 478 g/mol. The molecule has 38 heavy (non-hydrogen) atoms. The summed E-state index contributed by atoms with van der Waals surface area (Å²) in [6, 6.07) is 15.7. The molecule has 4 N–H and O–H groups in total. The highest BCUT2D eigenvalue weighted by molar-refractivity contribution is 6.03. The number of carbonyl (C=O) groups excluding carboxylic acids is 1. The molecule has 0 spiro atoms. The molecule has 0 saturated carbocycles. The predicted molar refractivity (Wildman–Crippen MR) is 146 cm³/mol. The van der Waals surface area contributed by atoms with Crippen molar-refractivity contribution in [2.24, 2.45) is 5.41 Å². The minimum Gasteiger partial charge on any atom is -0.382 e.